The molecule has 0 aliphatic carbocycles. The smallest absolute Gasteiger partial charge is 0.252 e. The van der Waals surface area contributed by atoms with Crippen LogP contribution in [0.5, 0.6) is 0 Å². The number of aromatic amines is 1. The average Bonchev–Trinajstić information content (AvgIpc) is 2.97. The number of nitrogens with zero attached hydrogens (tertiary/aromatic N) is 1. The number of carbonyl (C=O) groups excluding carboxylic acids is 1. The van der Waals surface area contributed by atoms with Crippen molar-refractivity contribution in [1.29, 1.82) is 0 Å². The van der Waals surface area contributed by atoms with Gasteiger partial charge in [-0.1, -0.05) is 38.1 Å². The maximum Gasteiger partial charge on any atom is 0.252 e. The molecule has 2 aromatic carbocycles. The first-order valence-corrected chi connectivity index (χ1v) is 8.99. The van der Waals surface area contributed by atoms with E-state index in [1.807, 2.05) is 48.5 Å². The fourth-order valence-corrected chi connectivity index (χ4v) is 3.48. The van der Waals surface area contributed by atoms with Gasteiger partial charge in [0.2, 0.25) is 0 Å². The summed E-state index contributed by atoms with van der Waals surface area (Å²) in [6.45, 7) is 4.81. The number of rotatable bonds is 6. The summed E-state index contributed by atoms with van der Waals surface area (Å²) in [6, 6.07) is 15.7. The highest BCUT2D eigenvalue weighted by atomic mass is 32.2. The van der Waals surface area contributed by atoms with E-state index in [0.29, 0.717) is 18.2 Å². The fraction of sp³-hybridized carbons (Fsp3) is 0.263. The number of imidazole rings is 1. The molecule has 0 spiro atoms. The first-order valence-electron chi connectivity index (χ1n) is 8.11. The van der Waals surface area contributed by atoms with Gasteiger partial charge in [0.15, 0.2) is 0 Å². The zero-order chi connectivity index (χ0) is 16.9. The van der Waals surface area contributed by atoms with Gasteiger partial charge < -0.3 is 10.3 Å². The van der Waals surface area contributed by atoms with E-state index < -0.39 is 0 Å². The van der Waals surface area contributed by atoms with E-state index in [9.17, 15) is 4.79 Å². The summed E-state index contributed by atoms with van der Waals surface area (Å²) in [5, 5.41) is 3.43. The third kappa shape index (κ3) is 3.97. The first-order chi connectivity index (χ1) is 11.6. The van der Waals surface area contributed by atoms with Crippen LogP contribution >= 0.6 is 11.8 Å². The molecule has 0 aliphatic heterocycles. The van der Waals surface area contributed by atoms with Gasteiger partial charge in [-0.2, -0.15) is 0 Å². The topological polar surface area (TPSA) is 57.8 Å². The van der Waals surface area contributed by atoms with Crippen molar-refractivity contribution in [2.75, 3.05) is 6.54 Å². The second kappa shape index (κ2) is 7.53. The lowest BCUT2D eigenvalue weighted by atomic mass is 10.2. The minimum absolute atomic E-state index is 0.0325. The lowest BCUT2D eigenvalue weighted by Gasteiger charge is -2.11. The van der Waals surface area contributed by atoms with Crippen molar-refractivity contribution in [2.45, 2.75) is 30.4 Å². The number of amides is 1. The monoisotopic (exact) mass is 339 g/mol. The highest BCUT2D eigenvalue weighted by Crippen LogP contribution is 2.26. The minimum Gasteiger partial charge on any atom is -0.352 e. The van der Waals surface area contributed by atoms with Gasteiger partial charge in [0.25, 0.3) is 5.91 Å². The highest BCUT2D eigenvalue weighted by molar-refractivity contribution is 8.00. The Morgan fingerprint density at radius 3 is 2.71 bits per heavy atom. The number of hydrogen-bond donors (Lipinski definition) is 2. The quantitative estimate of drug-likeness (QED) is 0.667. The lowest BCUT2D eigenvalue weighted by Crippen LogP contribution is -2.26. The molecule has 24 heavy (non-hydrogen) atoms. The van der Waals surface area contributed by atoms with Crippen molar-refractivity contribution in [3.63, 3.8) is 0 Å². The Morgan fingerprint density at radius 2 is 1.92 bits per heavy atom. The van der Waals surface area contributed by atoms with Crippen LogP contribution in [0.2, 0.25) is 0 Å². The Morgan fingerprint density at radius 1 is 1.17 bits per heavy atom. The maximum atomic E-state index is 12.5. The van der Waals surface area contributed by atoms with Gasteiger partial charge in [0.1, 0.15) is 5.82 Å². The molecule has 1 amide bonds. The summed E-state index contributed by atoms with van der Waals surface area (Å²) >= 11 is 1.71. The summed E-state index contributed by atoms with van der Waals surface area (Å²) in [4.78, 5) is 21.3. The van der Waals surface area contributed by atoms with Crippen molar-refractivity contribution in [3.8, 4) is 0 Å². The third-order valence-corrected chi connectivity index (χ3v) is 4.66. The van der Waals surface area contributed by atoms with Gasteiger partial charge in [-0.3, -0.25) is 4.79 Å². The van der Waals surface area contributed by atoms with Crippen LogP contribution in [0.3, 0.4) is 0 Å². The normalized spacial score (nSPS) is 11.1. The Kier molecular flexibility index (Phi) is 5.20. The minimum atomic E-state index is -0.0325. The number of H-pyrrole nitrogens is 1. The molecule has 3 rings (SSSR count). The van der Waals surface area contributed by atoms with Crippen molar-refractivity contribution >= 4 is 28.7 Å². The molecule has 1 aromatic heterocycles. The number of benzene rings is 2. The number of hydrogen-bond acceptors (Lipinski definition) is 3. The number of thioether (sulfide) groups is 1. The number of fused-ring (bicyclic) bond motifs is 1. The van der Waals surface area contributed by atoms with Crippen molar-refractivity contribution in [3.05, 3.63) is 59.9 Å². The molecule has 0 saturated carbocycles. The van der Waals surface area contributed by atoms with E-state index in [1.165, 1.54) is 0 Å². The van der Waals surface area contributed by atoms with Crippen molar-refractivity contribution < 1.29 is 4.79 Å². The Bertz CT molecular complexity index is 808. The molecular formula is C19H21N3OS. The van der Waals surface area contributed by atoms with E-state index in [4.69, 9.17) is 0 Å². The average molecular weight is 339 g/mol. The lowest BCUT2D eigenvalue weighted by molar-refractivity contribution is 0.0951. The van der Waals surface area contributed by atoms with E-state index in [2.05, 4.69) is 29.1 Å². The summed E-state index contributed by atoms with van der Waals surface area (Å²) in [5.74, 6) is 0.858. The van der Waals surface area contributed by atoms with Crippen LogP contribution in [-0.4, -0.2) is 27.7 Å². The number of nitrogens with one attached hydrogen (secondary N) is 2. The van der Waals surface area contributed by atoms with Crippen LogP contribution in [0.1, 0.15) is 30.0 Å². The SMILES string of the molecule is CC(C)Sc1ccccc1C(=O)NCCc1nc2ccccc2[nH]1. The summed E-state index contributed by atoms with van der Waals surface area (Å²) in [6.07, 6.45) is 0.680. The fourth-order valence-electron chi connectivity index (χ4n) is 2.52. The first kappa shape index (κ1) is 16.6. The second-order valence-electron chi connectivity index (χ2n) is 5.87. The van der Waals surface area contributed by atoms with Crippen molar-refractivity contribution in [2.24, 2.45) is 0 Å². The Balaban J connectivity index is 1.61. The molecule has 0 radical (unpaired) electrons. The van der Waals surface area contributed by atoms with Gasteiger partial charge in [0.05, 0.1) is 16.6 Å². The molecule has 2 N–H and O–H groups in total. The molecule has 0 aliphatic rings. The summed E-state index contributed by atoms with van der Waals surface area (Å²) < 4.78 is 0. The van der Waals surface area contributed by atoms with Crippen LogP contribution < -0.4 is 5.32 Å². The van der Waals surface area contributed by atoms with Gasteiger partial charge in [0, 0.05) is 23.1 Å². The Hall–Kier alpha value is -2.27. The summed E-state index contributed by atoms with van der Waals surface area (Å²) in [7, 11) is 0. The van der Waals surface area contributed by atoms with Crippen LogP contribution in [-0.2, 0) is 6.42 Å². The zero-order valence-corrected chi connectivity index (χ0v) is 14.7. The van der Waals surface area contributed by atoms with Gasteiger partial charge >= 0.3 is 0 Å². The molecule has 4 nitrogen and oxygen atoms in total. The van der Waals surface area contributed by atoms with E-state index in [0.717, 1.165) is 27.3 Å². The van der Waals surface area contributed by atoms with Crippen LogP contribution in [0.4, 0.5) is 0 Å². The molecule has 0 bridgehead atoms. The molecule has 3 aromatic rings. The molecule has 0 fully saturated rings. The van der Waals surface area contributed by atoms with Gasteiger partial charge in [-0.15, -0.1) is 11.8 Å². The number of para-hydroxylation sites is 2. The van der Waals surface area contributed by atoms with E-state index in [1.54, 1.807) is 11.8 Å². The van der Waals surface area contributed by atoms with Gasteiger partial charge in [-0.05, 0) is 24.3 Å². The molecule has 124 valence electrons. The molecule has 0 unspecified atom stereocenters. The zero-order valence-electron chi connectivity index (χ0n) is 13.9. The maximum absolute atomic E-state index is 12.5. The van der Waals surface area contributed by atoms with Gasteiger partial charge in [-0.25, -0.2) is 4.98 Å². The molecule has 5 heteroatoms. The highest BCUT2D eigenvalue weighted by Gasteiger charge is 2.12. The molecule has 1 heterocycles. The summed E-state index contributed by atoms with van der Waals surface area (Å²) in [5.41, 5.74) is 2.72. The number of carbonyl (C=O) groups is 1. The van der Waals surface area contributed by atoms with Crippen LogP contribution in [0, 0.1) is 0 Å². The van der Waals surface area contributed by atoms with Crippen LogP contribution in [0.25, 0.3) is 11.0 Å². The van der Waals surface area contributed by atoms with E-state index >= 15 is 0 Å². The largest absolute Gasteiger partial charge is 0.352 e. The predicted octanol–water partition coefficient (Wildman–Crippen LogP) is 4.04. The molecule has 0 saturated heterocycles. The standard InChI is InChI=1S/C19H21N3OS/c1-13(2)24-17-10-6-3-7-14(17)19(23)20-12-11-18-21-15-8-4-5-9-16(15)22-18/h3-10,13H,11-12H2,1-2H3,(H,20,23)(H,21,22). The third-order valence-electron chi connectivity index (χ3n) is 3.58. The second-order valence-corrected chi connectivity index (χ2v) is 7.49. The Labute approximate surface area is 146 Å². The van der Waals surface area contributed by atoms with Crippen LogP contribution in [0.15, 0.2) is 53.4 Å². The molecular weight excluding hydrogens is 318 g/mol. The predicted molar refractivity (Wildman–Crippen MR) is 99.6 cm³/mol. The van der Waals surface area contributed by atoms with E-state index in [-0.39, 0.29) is 5.91 Å². The number of aromatic nitrogens is 2. The van der Waals surface area contributed by atoms with Crippen molar-refractivity contribution in [1.82, 2.24) is 15.3 Å². The molecule has 0 atom stereocenters.